The Kier molecular flexibility index (Phi) is 2.04. The maximum Gasteiger partial charge on any atom is 0.0693 e. The summed E-state index contributed by atoms with van der Waals surface area (Å²) in [5.41, 5.74) is 0. The predicted octanol–water partition coefficient (Wildman–Crippen LogP) is 1.50. The van der Waals surface area contributed by atoms with Crippen molar-refractivity contribution in [1.82, 2.24) is 15.0 Å². The average Bonchev–Trinajstić information content (AvgIpc) is 2.36. The van der Waals surface area contributed by atoms with Gasteiger partial charge in [-0.2, -0.15) is 0 Å². The molecule has 1 aromatic rings. The average molecular weight is 139 g/mol. The highest BCUT2D eigenvalue weighted by molar-refractivity contribution is 4.71. The first-order valence-corrected chi connectivity index (χ1v) is 3.57. The summed E-state index contributed by atoms with van der Waals surface area (Å²) < 4.78 is 1.88. The van der Waals surface area contributed by atoms with Crippen LogP contribution in [0.5, 0.6) is 0 Å². The SMILES string of the molecule is CC(C)[C@H](C)n1ccnn1. The highest BCUT2D eigenvalue weighted by Gasteiger charge is 2.08. The maximum absolute atomic E-state index is 3.90. The summed E-state index contributed by atoms with van der Waals surface area (Å²) >= 11 is 0. The van der Waals surface area contributed by atoms with Crippen molar-refractivity contribution in [3.63, 3.8) is 0 Å². The number of aromatic nitrogens is 3. The number of nitrogens with zero attached hydrogens (tertiary/aromatic N) is 3. The van der Waals surface area contributed by atoms with Crippen LogP contribution in [0.4, 0.5) is 0 Å². The van der Waals surface area contributed by atoms with Crippen molar-refractivity contribution in [2.75, 3.05) is 0 Å². The third kappa shape index (κ3) is 1.35. The Morgan fingerprint density at radius 3 is 2.40 bits per heavy atom. The molecule has 0 aromatic carbocycles. The molecule has 0 spiro atoms. The van der Waals surface area contributed by atoms with E-state index in [-0.39, 0.29) is 0 Å². The van der Waals surface area contributed by atoms with Gasteiger partial charge in [-0.15, -0.1) is 5.10 Å². The van der Waals surface area contributed by atoms with Gasteiger partial charge >= 0.3 is 0 Å². The van der Waals surface area contributed by atoms with E-state index in [1.165, 1.54) is 0 Å². The number of rotatable bonds is 2. The Hall–Kier alpha value is -0.860. The second-order valence-corrected chi connectivity index (χ2v) is 2.87. The van der Waals surface area contributed by atoms with Crippen molar-refractivity contribution in [2.24, 2.45) is 5.92 Å². The molecule has 10 heavy (non-hydrogen) atoms. The zero-order chi connectivity index (χ0) is 7.56. The monoisotopic (exact) mass is 139 g/mol. The lowest BCUT2D eigenvalue weighted by Gasteiger charge is -2.14. The van der Waals surface area contributed by atoms with E-state index >= 15 is 0 Å². The zero-order valence-corrected chi connectivity index (χ0v) is 6.65. The van der Waals surface area contributed by atoms with Crippen LogP contribution < -0.4 is 0 Å². The molecule has 0 radical (unpaired) electrons. The first-order chi connectivity index (χ1) is 4.72. The molecule has 0 N–H and O–H groups in total. The van der Waals surface area contributed by atoms with E-state index in [4.69, 9.17) is 0 Å². The summed E-state index contributed by atoms with van der Waals surface area (Å²) in [6.45, 7) is 6.48. The van der Waals surface area contributed by atoms with E-state index in [1.54, 1.807) is 6.20 Å². The van der Waals surface area contributed by atoms with Gasteiger partial charge in [-0.05, 0) is 12.8 Å². The molecule has 0 aliphatic carbocycles. The number of hydrogen-bond donors (Lipinski definition) is 0. The molecule has 1 atom stereocenters. The van der Waals surface area contributed by atoms with Gasteiger partial charge in [-0.1, -0.05) is 19.1 Å². The fourth-order valence-electron chi connectivity index (χ4n) is 0.740. The number of hydrogen-bond acceptors (Lipinski definition) is 2. The van der Waals surface area contributed by atoms with Crippen LogP contribution in [-0.2, 0) is 0 Å². The minimum atomic E-state index is 0.447. The van der Waals surface area contributed by atoms with E-state index in [9.17, 15) is 0 Å². The molecule has 3 nitrogen and oxygen atoms in total. The van der Waals surface area contributed by atoms with Gasteiger partial charge in [-0.25, -0.2) is 4.68 Å². The zero-order valence-electron chi connectivity index (χ0n) is 6.65. The van der Waals surface area contributed by atoms with Gasteiger partial charge in [0.25, 0.3) is 0 Å². The fourth-order valence-corrected chi connectivity index (χ4v) is 0.740. The van der Waals surface area contributed by atoms with E-state index in [1.807, 2.05) is 10.9 Å². The van der Waals surface area contributed by atoms with Crippen molar-refractivity contribution >= 4 is 0 Å². The molecule has 0 fully saturated rings. The maximum atomic E-state index is 3.90. The molecule has 0 saturated carbocycles. The molecule has 1 heterocycles. The third-order valence-corrected chi connectivity index (χ3v) is 1.82. The normalized spacial score (nSPS) is 14.0. The van der Waals surface area contributed by atoms with E-state index in [0.29, 0.717) is 12.0 Å². The highest BCUT2D eigenvalue weighted by Crippen LogP contribution is 2.13. The quantitative estimate of drug-likeness (QED) is 0.621. The Labute approximate surface area is 61.1 Å². The molecular formula is C7H13N3. The smallest absolute Gasteiger partial charge is 0.0693 e. The fraction of sp³-hybridized carbons (Fsp3) is 0.714. The van der Waals surface area contributed by atoms with E-state index in [2.05, 4.69) is 31.1 Å². The summed E-state index contributed by atoms with van der Waals surface area (Å²) in [6, 6.07) is 0.447. The minimum absolute atomic E-state index is 0.447. The molecule has 0 saturated heterocycles. The van der Waals surface area contributed by atoms with Crippen molar-refractivity contribution in [2.45, 2.75) is 26.8 Å². The second kappa shape index (κ2) is 2.82. The molecule has 56 valence electrons. The molecule has 1 aromatic heterocycles. The van der Waals surface area contributed by atoms with Crippen LogP contribution in [-0.4, -0.2) is 15.0 Å². The standard InChI is InChI=1S/C7H13N3/c1-6(2)7(3)10-5-4-8-9-10/h4-7H,1-3H3/t7-/m0/s1. The Bertz CT molecular complexity index is 179. The molecule has 0 amide bonds. The highest BCUT2D eigenvalue weighted by atomic mass is 15.4. The second-order valence-electron chi connectivity index (χ2n) is 2.87. The van der Waals surface area contributed by atoms with Gasteiger partial charge < -0.3 is 0 Å². The topological polar surface area (TPSA) is 30.7 Å². The summed E-state index contributed by atoms with van der Waals surface area (Å²) in [4.78, 5) is 0. The van der Waals surface area contributed by atoms with Crippen LogP contribution in [0.2, 0.25) is 0 Å². The van der Waals surface area contributed by atoms with Crippen LogP contribution in [0.3, 0.4) is 0 Å². The van der Waals surface area contributed by atoms with E-state index < -0.39 is 0 Å². The Morgan fingerprint density at radius 1 is 1.30 bits per heavy atom. The summed E-state index contributed by atoms with van der Waals surface area (Å²) in [6.07, 6.45) is 3.60. The lowest BCUT2D eigenvalue weighted by molar-refractivity contribution is 0.368. The van der Waals surface area contributed by atoms with Crippen molar-refractivity contribution < 1.29 is 0 Å². The van der Waals surface area contributed by atoms with Gasteiger partial charge in [0.2, 0.25) is 0 Å². The minimum Gasteiger partial charge on any atom is -0.250 e. The van der Waals surface area contributed by atoms with Crippen LogP contribution in [0.1, 0.15) is 26.8 Å². The van der Waals surface area contributed by atoms with Crippen molar-refractivity contribution in [3.05, 3.63) is 12.4 Å². The van der Waals surface area contributed by atoms with Gasteiger partial charge in [0, 0.05) is 6.20 Å². The van der Waals surface area contributed by atoms with Gasteiger partial charge in [0.1, 0.15) is 0 Å². The van der Waals surface area contributed by atoms with Crippen LogP contribution >= 0.6 is 0 Å². The van der Waals surface area contributed by atoms with Crippen molar-refractivity contribution in [1.29, 1.82) is 0 Å². The van der Waals surface area contributed by atoms with Gasteiger partial charge in [-0.3, -0.25) is 0 Å². The van der Waals surface area contributed by atoms with Crippen molar-refractivity contribution in [3.8, 4) is 0 Å². The largest absolute Gasteiger partial charge is 0.250 e. The molecular weight excluding hydrogens is 126 g/mol. The first kappa shape index (κ1) is 7.25. The van der Waals surface area contributed by atoms with Crippen LogP contribution in [0.25, 0.3) is 0 Å². The third-order valence-electron chi connectivity index (χ3n) is 1.82. The molecule has 0 aliphatic heterocycles. The van der Waals surface area contributed by atoms with Crippen LogP contribution in [0, 0.1) is 5.92 Å². The Balaban J connectivity index is 2.68. The summed E-state index contributed by atoms with van der Waals surface area (Å²) in [5, 5.41) is 7.64. The first-order valence-electron chi connectivity index (χ1n) is 3.57. The molecule has 3 heteroatoms. The molecule has 0 bridgehead atoms. The van der Waals surface area contributed by atoms with Gasteiger partial charge in [0.15, 0.2) is 0 Å². The van der Waals surface area contributed by atoms with Gasteiger partial charge in [0.05, 0.1) is 12.2 Å². The molecule has 1 rings (SSSR count). The predicted molar refractivity (Wildman–Crippen MR) is 39.6 cm³/mol. The molecule has 0 aliphatic rings. The Morgan fingerprint density at radius 2 is 2.00 bits per heavy atom. The van der Waals surface area contributed by atoms with Crippen LogP contribution in [0.15, 0.2) is 12.4 Å². The molecule has 0 unspecified atom stereocenters. The van der Waals surface area contributed by atoms with E-state index in [0.717, 1.165) is 0 Å². The summed E-state index contributed by atoms with van der Waals surface area (Å²) in [5.74, 6) is 0.613. The lowest BCUT2D eigenvalue weighted by Crippen LogP contribution is -2.11. The lowest BCUT2D eigenvalue weighted by atomic mass is 10.1. The summed E-state index contributed by atoms with van der Waals surface area (Å²) in [7, 11) is 0.